The second-order valence-corrected chi connectivity index (χ2v) is 5.08. The Bertz CT molecular complexity index is 424. The van der Waals surface area contributed by atoms with Crippen molar-refractivity contribution < 1.29 is 14.2 Å². The minimum Gasteiger partial charge on any atom is -0.392 e. The highest BCUT2D eigenvalue weighted by atomic mass is 19.1. The number of benzene rings is 1. The molecule has 18 heavy (non-hydrogen) atoms. The van der Waals surface area contributed by atoms with E-state index in [1.165, 1.54) is 6.07 Å². The Kier molecular flexibility index (Phi) is 3.88. The highest BCUT2D eigenvalue weighted by Gasteiger charge is 2.32. The topological polar surface area (TPSA) is 32.7 Å². The predicted octanol–water partition coefficient (Wildman–Crippen LogP) is 2.32. The van der Waals surface area contributed by atoms with Crippen LogP contribution in [0.1, 0.15) is 25.3 Å². The van der Waals surface area contributed by atoms with E-state index in [0.717, 1.165) is 19.4 Å². The molecule has 1 atom stereocenters. The molecule has 2 rings (SSSR count). The number of piperidine rings is 1. The van der Waals surface area contributed by atoms with E-state index in [-0.39, 0.29) is 18.0 Å². The summed E-state index contributed by atoms with van der Waals surface area (Å²) in [4.78, 5) is 1.98. The number of hydrogen-bond donors (Lipinski definition) is 1. The van der Waals surface area contributed by atoms with Crippen molar-refractivity contribution in [3.8, 4) is 0 Å². The van der Waals surface area contributed by atoms with Crippen molar-refractivity contribution in [3.63, 3.8) is 0 Å². The van der Waals surface area contributed by atoms with Gasteiger partial charge in [-0.3, -0.25) is 0 Å². The lowest BCUT2D eigenvalue weighted by Gasteiger charge is -2.41. The van der Waals surface area contributed by atoms with Crippen molar-refractivity contribution in [2.45, 2.75) is 32.0 Å². The third-order valence-corrected chi connectivity index (χ3v) is 3.71. The van der Waals surface area contributed by atoms with Gasteiger partial charge in [-0.15, -0.1) is 0 Å². The minimum absolute atomic E-state index is 0.146. The number of hydrogen-bond acceptors (Lipinski definition) is 3. The van der Waals surface area contributed by atoms with E-state index < -0.39 is 0 Å². The van der Waals surface area contributed by atoms with Crippen LogP contribution in [0.2, 0.25) is 0 Å². The molecule has 1 saturated heterocycles. The molecule has 100 valence electrons. The van der Waals surface area contributed by atoms with Crippen LogP contribution in [-0.4, -0.2) is 30.9 Å². The summed E-state index contributed by atoms with van der Waals surface area (Å²) in [5.41, 5.74) is 0.908. The van der Waals surface area contributed by atoms with Gasteiger partial charge in [0.25, 0.3) is 0 Å². The number of anilines is 1. The van der Waals surface area contributed by atoms with Gasteiger partial charge in [-0.2, -0.15) is 0 Å². The van der Waals surface area contributed by atoms with Gasteiger partial charge in [0, 0.05) is 25.8 Å². The van der Waals surface area contributed by atoms with Crippen molar-refractivity contribution in [1.29, 1.82) is 0 Å². The molecule has 0 amide bonds. The molecule has 0 spiro atoms. The molecule has 1 aliphatic rings. The molecule has 1 aliphatic heterocycles. The Morgan fingerprint density at radius 1 is 1.50 bits per heavy atom. The monoisotopic (exact) mass is 253 g/mol. The van der Waals surface area contributed by atoms with E-state index in [1.54, 1.807) is 19.2 Å². The average Bonchev–Trinajstić information content (AvgIpc) is 2.38. The Balaban J connectivity index is 2.31. The number of nitrogens with zero attached hydrogens (tertiary/aromatic N) is 1. The second-order valence-electron chi connectivity index (χ2n) is 5.08. The van der Waals surface area contributed by atoms with E-state index in [1.807, 2.05) is 11.8 Å². The summed E-state index contributed by atoms with van der Waals surface area (Å²) in [6, 6.07) is 4.83. The number of halogens is 1. The van der Waals surface area contributed by atoms with Crippen molar-refractivity contribution in [2.75, 3.05) is 25.1 Å². The molecule has 0 aliphatic carbocycles. The lowest BCUT2D eigenvalue weighted by Crippen LogP contribution is -2.48. The first-order chi connectivity index (χ1) is 8.59. The summed E-state index contributed by atoms with van der Waals surface area (Å²) < 4.78 is 19.5. The third-order valence-electron chi connectivity index (χ3n) is 3.71. The normalized spacial score (nSPS) is 24.3. The zero-order valence-electron chi connectivity index (χ0n) is 10.9. The van der Waals surface area contributed by atoms with Crippen molar-refractivity contribution in [1.82, 2.24) is 0 Å². The van der Waals surface area contributed by atoms with Crippen LogP contribution in [0.25, 0.3) is 0 Å². The van der Waals surface area contributed by atoms with Crippen LogP contribution < -0.4 is 4.90 Å². The standard InChI is InChI=1S/C14H20FNO2/c1-14(18-2)7-4-8-16(10-14)13-11(9-17)5-3-6-12(13)15/h3,5-6,17H,4,7-10H2,1-2H3. The highest BCUT2D eigenvalue weighted by Crippen LogP contribution is 2.31. The maximum atomic E-state index is 14.0. The molecule has 0 saturated carbocycles. The fraction of sp³-hybridized carbons (Fsp3) is 0.571. The molecule has 1 fully saturated rings. The summed E-state index contributed by atoms with van der Waals surface area (Å²) in [7, 11) is 1.69. The zero-order valence-corrected chi connectivity index (χ0v) is 10.9. The van der Waals surface area contributed by atoms with Crippen LogP contribution in [0.3, 0.4) is 0 Å². The number of ether oxygens (including phenoxy) is 1. The first-order valence-electron chi connectivity index (χ1n) is 6.28. The molecular weight excluding hydrogens is 233 g/mol. The molecule has 3 nitrogen and oxygen atoms in total. The van der Waals surface area contributed by atoms with Crippen LogP contribution in [0, 0.1) is 5.82 Å². The summed E-state index contributed by atoms with van der Waals surface area (Å²) in [5, 5.41) is 9.34. The van der Waals surface area contributed by atoms with E-state index >= 15 is 0 Å². The first-order valence-corrected chi connectivity index (χ1v) is 6.28. The smallest absolute Gasteiger partial charge is 0.146 e. The largest absolute Gasteiger partial charge is 0.392 e. The van der Waals surface area contributed by atoms with Crippen molar-refractivity contribution in [2.24, 2.45) is 0 Å². The Labute approximate surface area is 107 Å². The maximum absolute atomic E-state index is 14.0. The molecule has 1 unspecified atom stereocenters. The van der Waals surface area contributed by atoms with Crippen LogP contribution in [-0.2, 0) is 11.3 Å². The first kappa shape index (κ1) is 13.3. The van der Waals surface area contributed by atoms with Gasteiger partial charge in [0.1, 0.15) is 5.82 Å². The van der Waals surface area contributed by atoms with Gasteiger partial charge in [-0.1, -0.05) is 12.1 Å². The molecule has 0 radical (unpaired) electrons. The number of aliphatic hydroxyl groups excluding tert-OH is 1. The molecule has 4 heteroatoms. The van der Waals surface area contributed by atoms with Crippen LogP contribution in [0.15, 0.2) is 18.2 Å². The lowest BCUT2D eigenvalue weighted by molar-refractivity contribution is -0.00484. The highest BCUT2D eigenvalue weighted by molar-refractivity contribution is 5.55. The van der Waals surface area contributed by atoms with Crippen LogP contribution in [0.4, 0.5) is 10.1 Å². The Morgan fingerprint density at radius 2 is 2.28 bits per heavy atom. The van der Waals surface area contributed by atoms with Crippen molar-refractivity contribution in [3.05, 3.63) is 29.6 Å². The fourth-order valence-corrected chi connectivity index (χ4v) is 2.60. The average molecular weight is 253 g/mol. The summed E-state index contributed by atoms with van der Waals surface area (Å²) in [6.07, 6.45) is 1.94. The van der Waals surface area contributed by atoms with Gasteiger partial charge < -0.3 is 14.7 Å². The Morgan fingerprint density at radius 3 is 2.94 bits per heavy atom. The summed E-state index contributed by atoms with van der Waals surface area (Å²) in [5.74, 6) is -0.276. The van der Waals surface area contributed by atoms with Gasteiger partial charge in [-0.05, 0) is 25.8 Å². The number of rotatable bonds is 3. The van der Waals surface area contributed by atoms with Crippen LogP contribution >= 0.6 is 0 Å². The number of methoxy groups -OCH3 is 1. The van der Waals surface area contributed by atoms with Gasteiger partial charge in [0.05, 0.1) is 17.9 Å². The number of aliphatic hydroxyl groups is 1. The predicted molar refractivity (Wildman–Crippen MR) is 69.2 cm³/mol. The van der Waals surface area contributed by atoms with E-state index in [2.05, 4.69) is 0 Å². The van der Waals surface area contributed by atoms with Gasteiger partial charge in [-0.25, -0.2) is 4.39 Å². The summed E-state index contributed by atoms with van der Waals surface area (Å²) >= 11 is 0. The number of para-hydroxylation sites is 1. The van der Waals surface area contributed by atoms with Gasteiger partial charge >= 0.3 is 0 Å². The zero-order chi connectivity index (χ0) is 13.2. The Hall–Kier alpha value is -1.13. The molecule has 1 aromatic rings. The van der Waals surface area contributed by atoms with E-state index in [9.17, 15) is 9.50 Å². The van der Waals surface area contributed by atoms with Gasteiger partial charge in [0.2, 0.25) is 0 Å². The molecule has 0 aromatic heterocycles. The van der Waals surface area contributed by atoms with E-state index in [4.69, 9.17) is 4.74 Å². The summed E-state index contributed by atoms with van der Waals surface area (Å²) in [6.45, 7) is 3.34. The fourth-order valence-electron chi connectivity index (χ4n) is 2.60. The second kappa shape index (κ2) is 5.24. The third kappa shape index (κ3) is 2.49. The lowest BCUT2D eigenvalue weighted by atomic mass is 9.93. The molecule has 1 N–H and O–H groups in total. The molecular formula is C14H20FNO2. The SMILES string of the molecule is COC1(C)CCCN(c2c(F)cccc2CO)C1. The van der Waals surface area contributed by atoms with Crippen LogP contribution in [0.5, 0.6) is 0 Å². The van der Waals surface area contributed by atoms with Gasteiger partial charge in [0.15, 0.2) is 0 Å². The molecule has 0 bridgehead atoms. The maximum Gasteiger partial charge on any atom is 0.146 e. The van der Waals surface area contributed by atoms with Crippen molar-refractivity contribution >= 4 is 5.69 Å². The minimum atomic E-state index is -0.276. The van der Waals surface area contributed by atoms with E-state index in [0.29, 0.717) is 17.8 Å². The molecule has 1 aromatic carbocycles. The quantitative estimate of drug-likeness (QED) is 0.897. The molecule has 1 heterocycles.